The van der Waals surface area contributed by atoms with E-state index in [1.165, 1.54) is 17.4 Å². The second kappa shape index (κ2) is 6.29. The summed E-state index contributed by atoms with van der Waals surface area (Å²) in [7, 11) is -0.0990. The van der Waals surface area contributed by atoms with Gasteiger partial charge in [-0.25, -0.2) is 17.1 Å². The molecule has 5 nitrogen and oxygen atoms in total. The number of nitrogens with two attached hydrogens (primary N) is 1. The molecule has 2 rings (SSSR count). The number of hydrogen-bond acceptors (Lipinski definition) is 4. The summed E-state index contributed by atoms with van der Waals surface area (Å²) in [5.74, 6) is -0.298. The monoisotopic (exact) mass is 315 g/mol. The maximum Gasteiger partial charge on any atom is 0.243 e. The van der Waals surface area contributed by atoms with Gasteiger partial charge in [0.05, 0.1) is 4.90 Å². The maximum absolute atomic E-state index is 13.4. The van der Waals surface area contributed by atoms with Gasteiger partial charge in [-0.15, -0.1) is 0 Å². The van der Waals surface area contributed by atoms with Crippen molar-refractivity contribution < 1.29 is 12.8 Å². The average Bonchev–Trinajstić information content (AvgIpc) is 2.40. The number of nitrogens with zero attached hydrogens (tertiary/aromatic N) is 2. The van der Waals surface area contributed by atoms with Crippen molar-refractivity contribution in [3.63, 3.8) is 0 Å². The summed E-state index contributed by atoms with van der Waals surface area (Å²) in [5.41, 5.74) is 5.64. The van der Waals surface area contributed by atoms with E-state index in [2.05, 4.69) is 11.9 Å². The number of anilines is 1. The van der Waals surface area contributed by atoms with Crippen molar-refractivity contribution >= 4 is 15.7 Å². The number of hydrogen-bond donors (Lipinski definition) is 1. The van der Waals surface area contributed by atoms with E-state index in [1.54, 1.807) is 0 Å². The van der Waals surface area contributed by atoms with Crippen molar-refractivity contribution in [1.82, 2.24) is 9.21 Å². The van der Waals surface area contributed by atoms with Crippen LogP contribution in [-0.4, -0.2) is 51.4 Å². The predicted molar refractivity (Wildman–Crippen MR) is 80.8 cm³/mol. The topological polar surface area (TPSA) is 66.6 Å². The molecular formula is C14H22FN3O2S. The van der Waals surface area contributed by atoms with Crippen LogP contribution >= 0.6 is 0 Å². The Morgan fingerprint density at radius 2 is 1.95 bits per heavy atom. The molecule has 21 heavy (non-hydrogen) atoms. The fraction of sp³-hybridized carbons (Fsp3) is 0.571. The zero-order valence-corrected chi connectivity index (χ0v) is 13.2. The summed E-state index contributed by atoms with van der Waals surface area (Å²) in [6.07, 6.45) is 1.95. The van der Waals surface area contributed by atoms with Gasteiger partial charge in [0, 0.05) is 19.3 Å². The molecule has 118 valence electrons. The molecule has 0 atom stereocenters. The Kier molecular flexibility index (Phi) is 4.85. The van der Waals surface area contributed by atoms with E-state index in [4.69, 9.17) is 5.73 Å². The molecule has 1 saturated heterocycles. The van der Waals surface area contributed by atoms with E-state index in [0.717, 1.165) is 38.1 Å². The third-order valence-electron chi connectivity index (χ3n) is 3.96. The molecule has 0 amide bonds. The molecule has 0 bridgehead atoms. The Morgan fingerprint density at radius 1 is 1.33 bits per heavy atom. The molecule has 0 unspecified atom stereocenters. The van der Waals surface area contributed by atoms with Gasteiger partial charge < -0.3 is 10.6 Å². The summed E-state index contributed by atoms with van der Waals surface area (Å²) in [6, 6.07) is 3.41. The molecule has 2 N–H and O–H groups in total. The molecule has 1 fully saturated rings. The minimum absolute atomic E-state index is 0.0876. The van der Waals surface area contributed by atoms with Crippen LogP contribution in [0.1, 0.15) is 12.8 Å². The number of halogens is 1. The highest BCUT2D eigenvalue weighted by molar-refractivity contribution is 7.89. The first-order valence-electron chi connectivity index (χ1n) is 7.00. The van der Waals surface area contributed by atoms with Crippen molar-refractivity contribution in [2.24, 2.45) is 5.92 Å². The number of sulfonamides is 1. The lowest BCUT2D eigenvalue weighted by Crippen LogP contribution is -2.38. The van der Waals surface area contributed by atoms with Crippen LogP contribution in [0.25, 0.3) is 0 Å². The SMILES string of the molecule is CN1CCC(CN(C)S(=O)(=O)c2cc(N)cc(F)c2)CC1. The minimum Gasteiger partial charge on any atom is -0.399 e. The maximum atomic E-state index is 13.4. The van der Waals surface area contributed by atoms with Gasteiger partial charge in [0.1, 0.15) is 5.82 Å². The van der Waals surface area contributed by atoms with Gasteiger partial charge in [0.15, 0.2) is 0 Å². The Bertz CT molecular complexity index is 578. The highest BCUT2D eigenvalue weighted by atomic mass is 32.2. The highest BCUT2D eigenvalue weighted by Crippen LogP contribution is 2.23. The largest absolute Gasteiger partial charge is 0.399 e. The van der Waals surface area contributed by atoms with Crippen LogP contribution in [-0.2, 0) is 10.0 Å². The molecule has 1 aliphatic heterocycles. The fourth-order valence-corrected chi connectivity index (χ4v) is 3.93. The fourth-order valence-electron chi connectivity index (χ4n) is 2.62. The second-order valence-electron chi connectivity index (χ2n) is 5.75. The lowest BCUT2D eigenvalue weighted by Gasteiger charge is -2.31. The first-order chi connectivity index (χ1) is 9.79. The van der Waals surface area contributed by atoms with Crippen LogP contribution in [0.5, 0.6) is 0 Å². The van der Waals surface area contributed by atoms with E-state index in [9.17, 15) is 12.8 Å². The quantitative estimate of drug-likeness (QED) is 0.852. The van der Waals surface area contributed by atoms with Gasteiger partial charge in [-0.1, -0.05) is 0 Å². The first-order valence-corrected chi connectivity index (χ1v) is 8.44. The Hall–Kier alpha value is -1.18. The van der Waals surface area contributed by atoms with Crippen LogP contribution in [0.15, 0.2) is 23.1 Å². The average molecular weight is 315 g/mol. The van der Waals surface area contributed by atoms with Crippen LogP contribution < -0.4 is 5.73 Å². The molecule has 0 saturated carbocycles. The molecule has 1 aromatic carbocycles. The van der Waals surface area contributed by atoms with Gasteiger partial charge in [-0.3, -0.25) is 0 Å². The van der Waals surface area contributed by atoms with Crippen molar-refractivity contribution in [1.29, 1.82) is 0 Å². The summed E-state index contributed by atoms with van der Waals surface area (Å²) < 4.78 is 39.6. The van der Waals surface area contributed by atoms with Crippen LogP contribution in [0.3, 0.4) is 0 Å². The second-order valence-corrected chi connectivity index (χ2v) is 7.80. The van der Waals surface area contributed by atoms with E-state index < -0.39 is 15.8 Å². The molecule has 0 aliphatic carbocycles. The third-order valence-corrected chi connectivity index (χ3v) is 5.76. The van der Waals surface area contributed by atoms with Crippen molar-refractivity contribution in [2.45, 2.75) is 17.7 Å². The molecule has 0 spiro atoms. The molecule has 1 aliphatic rings. The van der Waals surface area contributed by atoms with E-state index in [1.807, 2.05) is 0 Å². The molecule has 1 aromatic rings. The number of nitrogen functional groups attached to an aromatic ring is 1. The zero-order chi connectivity index (χ0) is 15.6. The molecule has 0 aromatic heterocycles. The third kappa shape index (κ3) is 3.93. The Morgan fingerprint density at radius 3 is 2.52 bits per heavy atom. The lowest BCUT2D eigenvalue weighted by molar-refractivity contribution is 0.202. The summed E-state index contributed by atoms with van der Waals surface area (Å²) in [4.78, 5) is 2.15. The summed E-state index contributed by atoms with van der Waals surface area (Å²) in [5, 5.41) is 0. The lowest BCUT2D eigenvalue weighted by atomic mass is 9.97. The van der Waals surface area contributed by atoms with E-state index in [-0.39, 0.29) is 10.6 Å². The Labute approximate surface area is 125 Å². The first kappa shape index (κ1) is 16.2. The molecule has 7 heteroatoms. The van der Waals surface area contributed by atoms with Gasteiger partial charge in [-0.05, 0) is 57.1 Å². The number of benzene rings is 1. The van der Waals surface area contributed by atoms with Gasteiger partial charge in [-0.2, -0.15) is 0 Å². The van der Waals surface area contributed by atoms with Crippen molar-refractivity contribution in [3.05, 3.63) is 24.0 Å². The summed E-state index contributed by atoms with van der Waals surface area (Å²) in [6.45, 7) is 2.41. The van der Waals surface area contributed by atoms with E-state index in [0.29, 0.717) is 12.5 Å². The standard InChI is InChI=1S/C14H22FN3O2S/c1-17-5-3-11(4-6-17)10-18(2)21(19,20)14-8-12(15)7-13(16)9-14/h7-9,11H,3-6,10,16H2,1-2H3. The van der Waals surface area contributed by atoms with Gasteiger partial charge in [0.25, 0.3) is 0 Å². The van der Waals surface area contributed by atoms with Gasteiger partial charge in [0.2, 0.25) is 10.0 Å². The smallest absolute Gasteiger partial charge is 0.243 e. The Balaban J connectivity index is 2.11. The van der Waals surface area contributed by atoms with Crippen molar-refractivity contribution in [3.8, 4) is 0 Å². The highest BCUT2D eigenvalue weighted by Gasteiger charge is 2.26. The predicted octanol–water partition coefficient (Wildman–Crippen LogP) is 1.37. The number of likely N-dealkylation sites (tertiary alicyclic amines) is 1. The van der Waals surface area contributed by atoms with Crippen molar-refractivity contribution in [2.75, 3.05) is 39.5 Å². The van der Waals surface area contributed by atoms with Gasteiger partial charge >= 0.3 is 0 Å². The number of rotatable bonds is 4. The van der Waals surface area contributed by atoms with E-state index >= 15 is 0 Å². The molecule has 0 radical (unpaired) electrons. The normalized spacial score (nSPS) is 18.3. The molecule has 1 heterocycles. The zero-order valence-electron chi connectivity index (χ0n) is 12.4. The van der Waals surface area contributed by atoms with Crippen LogP contribution in [0, 0.1) is 11.7 Å². The summed E-state index contributed by atoms with van der Waals surface area (Å²) >= 11 is 0. The van der Waals surface area contributed by atoms with Crippen LogP contribution in [0.2, 0.25) is 0 Å². The molecular weight excluding hydrogens is 293 g/mol. The van der Waals surface area contributed by atoms with Crippen LogP contribution in [0.4, 0.5) is 10.1 Å². The number of piperidine rings is 1. The minimum atomic E-state index is -3.70.